The van der Waals surface area contributed by atoms with Gasteiger partial charge in [0.1, 0.15) is 0 Å². The molecule has 0 aliphatic carbocycles. The Balaban J connectivity index is 1.65. The zero-order chi connectivity index (χ0) is 19.2. The average molecular weight is 365 g/mol. The fraction of sp³-hybridized carbons (Fsp3) is 0.120. The molecule has 1 N–H and O–H groups in total. The van der Waals surface area contributed by atoms with Gasteiger partial charge in [-0.2, -0.15) is 0 Å². The third-order valence-corrected chi connectivity index (χ3v) is 5.06. The van der Waals surface area contributed by atoms with Crippen LogP contribution in [0.2, 0.25) is 0 Å². The molecule has 138 valence electrons. The first-order valence-corrected chi connectivity index (χ1v) is 9.78. The van der Waals surface area contributed by atoms with Gasteiger partial charge in [-0.25, -0.2) is 0 Å². The molecule has 3 heteroatoms. The van der Waals surface area contributed by atoms with E-state index in [1.807, 2.05) is 36.4 Å². The number of hydrogen-bond acceptors (Lipinski definition) is 2. The summed E-state index contributed by atoms with van der Waals surface area (Å²) in [7, 11) is 0. The quantitative estimate of drug-likeness (QED) is 0.474. The van der Waals surface area contributed by atoms with E-state index < -0.39 is 0 Å². The molecule has 4 aromatic carbocycles. The van der Waals surface area contributed by atoms with Crippen molar-refractivity contribution >= 4 is 23.2 Å². The van der Waals surface area contributed by atoms with Crippen LogP contribution in [0.25, 0.3) is 10.8 Å². The molecular formula is C25H24BNO. The van der Waals surface area contributed by atoms with E-state index in [9.17, 15) is 0 Å². The lowest BCUT2D eigenvalue weighted by atomic mass is 9.53. The molecule has 0 spiro atoms. The van der Waals surface area contributed by atoms with Gasteiger partial charge in [0.25, 0.3) is 0 Å². The van der Waals surface area contributed by atoms with Crippen molar-refractivity contribution in [2.24, 2.45) is 0 Å². The van der Waals surface area contributed by atoms with Crippen LogP contribution in [0.15, 0.2) is 103 Å². The van der Waals surface area contributed by atoms with Crippen LogP contribution in [0.1, 0.15) is 12.5 Å². The lowest BCUT2D eigenvalue weighted by molar-refractivity contribution is 0.533. The lowest BCUT2D eigenvalue weighted by Crippen LogP contribution is -2.52. The summed E-state index contributed by atoms with van der Waals surface area (Å²) in [6.45, 7) is 2.90. The van der Waals surface area contributed by atoms with Gasteiger partial charge >= 0.3 is 6.92 Å². The van der Waals surface area contributed by atoms with Crippen molar-refractivity contribution in [1.29, 1.82) is 0 Å². The summed E-state index contributed by atoms with van der Waals surface area (Å²) >= 11 is 0. The molecule has 0 fully saturated rings. The molecule has 0 saturated heterocycles. The maximum Gasteiger partial charge on any atom is 0.409 e. The molecule has 0 aliphatic heterocycles. The van der Waals surface area contributed by atoms with Crippen LogP contribution in [0.3, 0.4) is 0 Å². The molecule has 0 amide bonds. The summed E-state index contributed by atoms with van der Waals surface area (Å²) in [4.78, 5) is 0. The molecule has 1 atom stereocenters. The van der Waals surface area contributed by atoms with E-state index in [4.69, 9.17) is 4.65 Å². The highest BCUT2D eigenvalue weighted by molar-refractivity contribution is 6.72. The summed E-state index contributed by atoms with van der Waals surface area (Å²) in [5.74, 6) is 1.01. The summed E-state index contributed by atoms with van der Waals surface area (Å²) in [6, 6.07) is 35.5. The highest BCUT2D eigenvalue weighted by Crippen LogP contribution is 2.16. The molecule has 0 aliphatic rings. The van der Waals surface area contributed by atoms with Crippen molar-refractivity contribution in [3.8, 4) is 5.75 Å². The molecule has 0 bridgehead atoms. The zero-order valence-electron chi connectivity index (χ0n) is 16.1. The summed E-state index contributed by atoms with van der Waals surface area (Å²) in [5, 5.41) is 6.13. The molecule has 1 unspecified atom stereocenters. The average Bonchev–Trinajstić information content (AvgIpc) is 2.77. The second-order valence-electron chi connectivity index (χ2n) is 7.08. The van der Waals surface area contributed by atoms with Crippen LogP contribution in [0.4, 0.5) is 0 Å². The Bertz CT molecular complexity index is 1010. The molecule has 0 radical (unpaired) electrons. The van der Waals surface area contributed by atoms with E-state index in [-0.39, 0.29) is 12.9 Å². The summed E-state index contributed by atoms with van der Waals surface area (Å²) in [6.07, 6.45) is 0. The second kappa shape index (κ2) is 8.77. The second-order valence-corrected chi connectivity index (χ2v) is 7.08. The Hall–Kier alpha value is -3.04. The van der Waals surface area contributed by atoms with Gasteiger partial charge in [0.05, 0.1) is 5.75 Å². The minimum atomic E-state index is -0.0998. The molecule has 0 heterocycles. The van der Waals surface area contributed by atoms with Gasteiger partial charge in [0, 0.05) is 12.5 Å². The van der Waals surface area contributed by atoms with Crippen molar-refractivity contribution in [3.63, 3.8) is 0 Å². The van der Waals surface area contributed by atoms with Crippen molar-refractivity contribution in [2.75, 3.05) is 0 Å². The third kappa shape index (κ3) is 4.27. The van der Waals surface area contributed by atoms with E-state index in [1.54, 1.807) is 0 Å². The first-order valence-electron chi connectivity index (χ1n) is 9.78. The Morgan fingerprint density at radius 1 is 0.750 bits per heavy atom. The van der Waals surface area contributed by atoms with Crippen molar-refractivity contribution in [2.45, 2.75) is 19.4 Å². The van der Waals surface area contributed by atoms with Gasteiger partial charge in [-0.3, -0.25) is 0 Å². The van der Waals surface area contributed by atoms with Crippen LogP contribution >= 0.6 is 0 Å². The third-order valence-electron chi connectivity index (χ3n) is 5.06. The van der Waals surface area contributed by atoms with Gasteiger partial charge in [-0.05, 0) is 33.9 Å². The predicted octanol–water partition coefficient (Wildman–Crippen LogP) is 4.83. The maximum absolute atomic E-state index is 6.50. The van der Waals surface area contributed by atoms with Gasteiger partial charge in [-0.1, -0.05) is 97.9 Å². The Morgan fingerprint density at radius 2 is 1.39 bits per heavy atom. The smallest absolute Gasteiger partial charge is 0.409 e. The van der Waals surface area contributed by atoms with E-state index in [0.29, 0.717) is 0 Å². The van der Waals surface area contributed by atoms with Crippen molar-refractivity contribution in [1.82, 2.24) is 5.32 Å². The molecule has 0 aromatic heterocycles. The number of fused-ring (bicyclic) bond motifs is 1. The Labute approximate surface area is 167 Å². The molecule has 0 saturated carbocycles. The van der Waals surface area contributed by atoms with Gasteiger partial charge in [0.2, 0.25) is 0 Å². The highest BCUT2D eigenvalue weighted by Gasteiger charge is 2.29. The minimum Gasteiger partial charge on any atom is -0.554 e. The number of hydrogen-bond donors (Lipinski definition) is 1. The van der Waals surface area contributed by atoms with Gasteiger partial charge in [-0.15, -0.1) is 0 Å². The molecule has 28 heavy (non-hydrogen) atoms. The normalized spacial score (nSPS) is 11.9. The van der Waals surface area contributed by atoms with Crippen LogP contribution in [0, 0.1) is 0 Å². The van der Waals surface area contributed by atoms with E-state index >= 15 is 0 Å². The van der Waals surface area contributed by atoms with Crippen LogP contribution < -0.4 is 15.4 Å². The minimum absolute atomic E-state index is 0.0998. The number of benzene rings is 4. The number of para-hydroxylation sites is 1. The fourth-order valence-electron chi connectivity index (χ4n) is 3.56. The van der Waals surface area contributed by atoms with Crippen LogP contribution in [0.5, 0.6) is 5.75 Å². The summed E-state index contributed by atoms with van der Waals surface area (Å²) < 4.78 is 6.50. The fourth-order valence-corrected chi connectivity index (χ4v) is 3.56. The van der Waals surface area contributed by atoms with E-state index in [1.165, 1.54) is 21.8 Å². The maximum atomic E-state index is 6.50. The topological polar surface area (TPSA) is 21.3 Å². The number of rotatable bonds is 7. The van der Waals surface area contributed by atoms with E-state index in [0.717, 1.165) is 12.3 Å². The van der Waals surface area contributed by atoms with Crippen LogP contribution in [-0.4, -0.2) is 12.9 Å². The van der Waals surface area contributed by atoms with Gasteiger partial charge < -0.3 is 9.97 Å². The lowest BCUT2D eigenvalue weighted by Gasteiger charge is -2.24. The molecule has 4 rings (SSSR count). The summed E-state index contributed by atoms with van der Waals surface area (Å²) in [5.41, 5.74) is 2.47. The van der Waals surface area contributed by atoms with Crippen molar-refractivity contribution in [3.05, 3.63) is 109 Å². The van der Waals surface area contributed by atoms with Crippen molar-refractivity contribution < 1.29 is 4.65 Å². The highest BCUT2D eigenvalue weighted by atomic mass is 16.4. The molecule has 2 nitrogen and oxygen atoms in total. The molecule has 4 aromatic rings. The Morgan fingerprint density at radius 3 is 2.18 bits per heavy atom. The zero-order valence-corrected chi connectivity index (χ0v) is 16.1. The monoisotopic (exact) mass is 365 g/mol. The first kappa shape index (κ1) is 18.3. The predicted molar refractivity (Wildman–Crippen MR) is 119 cm³/mol. The molecular weight excluding hydrogens is 341 g/mol. The number of nitrogens with one attached hydrogen (secondary N) is 1. The largest absolute Gasteiger partial charge is 0.554 e. The first-order chi connectivity index (χ1) is 13.8. The van der Waals surface area contributed by atoms with Crippen LogP contribution in [-0.2, 0) is 6.54 Å². The van der Waals surface area contributed by atoms with E-state index in [2.05, 4.69) is 79.0 Å². The standard InChI is InChI=1S/C25H24BNO/c1-20(27-19-21-11-4-2-5-12-21)26(28-23-15-6-3-7-16-23)25-18-10-14-22-13-8-9-17-24(22)25/h2-18,20,27H,19H2,1H3. The SMILES string of the molecule is CC(NCc1ccccc1)B(Oc1ccccc1)c1cccc2ccccc12. The van der Waals surface area contributed by atoms with Gasteiger partial charge in [0.15, 0.2) is 0 Å². The Kier molecular flexibility index (Phi) is 5.74.